The van der Waals surface area contributed by atoms with Gasteiger partial charge in [0.1, 0.15) is 0 Å². The average molecular weight is 196 g/mol. The van der Waals surface area contributed by atoms with Gasteiger partial charge in [0.2, 0.25) is 0 Å². The second-order valence-electron chi connectivity index (χ2n) is 5.08. The SMILES string of the molecule is CCCC1CCN(C2CCC2CN)C1. The lowest BCUT2D eigenvalue weighted by Gasteiger charge is -2.42. The number of likely N-dealkylation sites (tertiary alicyclic amines) is 1. The van der Waals surface area contributed by atoms with Crippen molar-refractivity contribution in [2.24, 2.45) is 17.6 Å². The van der Waals surface area contributed by atoms with Crippen LogP contribution < -0.4 is 5.73 Å². The second-order valence-corrected chi connectivity index (χ2v) is 5.08. The molecule has 2 rings (SSSR count). The maximum Gasteiger partial charge on any atom is 0.0136 e. The molecule has 1 saturated carbocycles. The van der Waals surface area contributed by atoms with Gasteiger partial charge >= 0.3 is 0 Å². The summed E-state index contributed by atoms with van der Waals surface area (Å²) < 4.78 is 0. The zero-order valence-electron chi connectivity index (χ0n) is 9.41. The zero-order valence-corrected chi connectivity index (χ0v) is 9.41. The molecular formula is C12H24N2. The van der Waals surface area contributed by atoms with E-state index in [9.17, 15) is 0 Å². The predicted molar refractivity (Wildman–Crippen MR) is 60.2 cm³/mol. The summed E-state index contributed by atoms with van der Waals surface area (Å²) >= 11 is 0. The van der Waals surface area contributed by atoms with Crippen LogP contribution in [0.25, 0.3) is 0 Å². The fourth-order valence-electron chi connectivity index (χ4n) is 3.11. The van der Waals surface area contributed by atoms with Crippen molar-refractivity contribution in [3.63, 3.8) is 0 Å². The van der Waals surface area contributed by atoms with Gasteiger partial charge in [-0.2, -0.15) is 0 Å². The largest absolute Gasteiger partial charge is 0.330 e. The van der Waals surface area contributed by atoms with Gasteiger partial charge in [-0.15, -0.1) is 0 Å². The van der Waals surface area contributed by atoms with Crippen molar-refractivity contribution in [1.82, 2.24) is 4.90 Å². The molecule has 1 saturated heterocycles. The van der Waals surface area contributed by atoms with E-state index in [0.717, 1.165) is 24.4 Å². The molecule has 2 nitrogen and oxygen atoms in total. The lowest BCUT2D eigenvalue weighted by Crippen LogP contribution is -2.48. The molecule has 0 radical (unpaired) electrons. The quantitative estimate of drug-likeness (QED) is 0.743. The molecule has 1 heterocycles. The van der Waals surface area contributed by atoms with Crippen molar-refractivity contribution in [2.45, 2.75) is 45.1 Å². The molecule has 1 aliphatic heterocycles. The summed E-state index contributed by atoms with van der Waals surface area (Å²) in [7, 11) is 0. The number of rotatable bonds is 4. The summed E-state index contributed by atoms with van der Waals surface area (Å²) in [4.78, 5) is 2.71. The first kappa shape index (κ1) is 10.4. The van der Waals surface area contributed by atoms with E-state index < -0.39 is 0 Å². The summed E-state index contributed by atoms with van der Waals surface area (Å²) in [5, 5.41) is 0. The van der Waals surface area contributed by atoms with E-state index in [2.05, 4.69) is 11.8 Å². The summed E-state index contributed by atoms with van der Waals surface area (Å²) in [5.74, 6) is 1.80. The Kier molecular flexibility index (Phi) is 3.45. The van der Waals surface area contributed by atoms with Gasteiger partial charge in [-0.05, 0) is 50.6 Å². The molecule has 2 heteroatoms. The first-order valence-corrected chi connectivity index (χ1v) is 6.29. The molecular weight excluding hydrogens is 172 g/mol. The van der Waals surface area contributed by atoms with Crippen molar-refractivity contribution in [3.05, 3.63) is 0 Å². The standard InChI is InChI=1S/C12H24N2/c1-2-3-10-6-7-14(9-10)12-5-4-11(12)8-13/h10-12H,2-9,13H2,1H3. The van der Waals surface area contributed by atoms with Gasteiger partial charge in [0.05, 0.1) is 0 Å². The number of hydrogen-bond donors (Lipinski definition) is 1. The molecule has 0 spiro atoms. The van der Waals surface area contributed by atoms with Crippen LogP contribution in [0.5, 0.6) is 0 Å². The Balaban J connectivity index is 1.77. The molecule has 3 atom stereocenters. The Morgan fingerprint density at radius 3 is 2.71 bits per heavy atom. The van der Waals surface area contributed by atoms with E-state index >= 15 is 0 Å². The Hall–Kier alpha value is -0.0800. The van der Waals surface area contributed by atoms with Crippen molar-refractivity contribution < 1.29 is 0 Å². The molecule has 82 valence electrons. The van der Waals surface area contributed by atoms with Crippen LogP contribution in [0.2, 0.25) is 0 Å². The summed E-state index contributed by atoms with van der Waals surface area (Å²) in [6.07, 6.45) is 6.98. The molecule has 0 bridgehead atoms. The monoisotopic (exact) mass is 196 g/mol. The maximum atomic E-state index is 5.76. The highest BCUT2D eigenvalue weighted by Crippen LogP contribution is 2.35. The lowest BCUT2D eigenvalue weighted by atomic mass is 9.78. The van der Waals surface area contributed by atoms with Crippen molar-refractivity contribution in [1.29, 1.82) is 0 Å². The lowest BCUT2D eigenvalue weighted by molar-refractivity contribution is 0.0843. The third-order valence-electron chi connectivity index (χ3n) is 4.16. The topological polar surface area (TPSA) is 29.3 Å². The first-order valence-electron chi connectivity index (χ1n) is 6.29. The van der Waals surface area contributed by atoms with Crippen LogP contribution in [-0.2, 0) is 0 Å². The van der Waals surface area contributed by atoms with E-state index in [-0.39, 0.29) is 0 Å². The second kappa shape index (κ2) is 4.63. The van der Waals surface area contributed by atoms with E-state index in [1.54, 1.807) is 0 Å². The molecule has 3 unspecified atom stereocenters. The number of nitrogens with zero attached hydrogens (tertiary/aromatic N) is 1. The average Bonchev–Trinajstić information content (AvgIpc) is 2.53. The van der Waals surface area contributed by atoms with Crippen LogP contribution in [0, 0.1) is 11.8 Å². The number of nitrogens with two attached hydrogens (primary N) is 1. The summed E-state index contributed by atoms with van der Waals surface area (Å²) in [5.41, 5.74) is 5.76. The molecule has 0 aromatic heterocycles. The van der Waals surface area contributed by atoms with Crippen LogP contribution >= 0.6 is 0 Å². The van der Waals surface area contributed by atoms with Gasteiger partial charge in [-0.1, -0.05) is 13.3 Å². The van der Waals surface area contributed by atoms with Crippen molar-refractivity contribution in [2.75, 3.05) is 19.6 Å². The van der Waals surface area contributed by atoms with Gasteiger partial charge < -0.3 is 5.73 Å². The molecule has 2 fully saturated rings. The third kappa shape index (κ3) is 1.96. The normalized spacial score (nSPS) is 38.6. The van der Waals surface area contributed by atoms with Crippen molar-refractivity contribution >= 4 is 0 Å². The first-order chi connectivity index (χ1) is 6.85. The van der Waals surface area contributed by atoms with Crippen molar-refractivity contribution in [3.8, 4) is 0 Å². The fourth-order valence-corrected chi connectivity index (χ4v) is 3.11. The van der Waals surface area contributed by atoms with Gasteiger partial charge in [-0.3, -0.25) is 4.90 Å². The Labute approximate surface area is 87.8 Å². The minimum absolute atomic E-state index is 0.815. The third-order valence-corrected chi connectivity index (χ3v) is 4.16. The smallest absolute Gasteiger partial charge is 0.0136 e. The van der Waals surface area contributed by atoms with Crippen LogP contribution in [0.4, 0.5) is 0 Å². The zero-order chi connectivity index (χ0) is 9.97. The fraction of sp³-hybridized carbons (Fsp3) is 1.00. The van der Waals surface area contributed by atoms with Gasteiger partial charge in [-0.25, -0.2) is 0 Å². The van der Waals surface area contributed by atoms with E-state index in [4.69, 9.17) is 5.73 Å². The highest BCUT2D eigenvalue weighted by molar-refractivity contribution is 4.92. The van der Waals surface area contributed by atoms with Gasteiger partial charge in [0, 0.05) is 12.6 Å². The van der Waals surface area contributed by atoms with Gasteiger partial charge in [0.25, 0.3) is 0 Å². The molecule has 0 amide bonds. The summed E-state index contributed by atoms with van der Waals surface area (Å²) in [6.45, 7) is 5.90. The molecule has 14 heavy (non-hydrogen) atoms. The van der Waals surface area contributed by atoms with Crippen LogP contribution in [0.15, 0.2) is 0 Å². The van der Waals surface area contributed by atoms with E-state index in [0.29, 0.717) is 0 Å². The molecule has 0 aromatic rings. The van der Waals surface area contributed by atoms with Gasteiger partial charge in [0.15, 0.2) is 0 Å². The number of hydrogen-bond acceptors (Lipinski definition) is 2. The Bertz CT molecular complexity index is 179. The van der Waals surface area contributed by atoms with Crippen LogP contribution in [-0.4, -0.2) is 30.6 Å². The van der Waals surface area contributed by atoms with E-state index in [1.807, 2.05) is 0 Å². The maximum absolute atomic E-state index is 5.76. The van der Waals surface area contributed by atoms with Crippen LogP contribution in [0.1, 0.15) is 39.0 Å². The minimum Gasteiger partial charge on any atom is -0.330 e. The summed E-state index contributed by atoms with van der Waals surface area (Å²) in [6, 6.07) is 0.849. The highest BCUT2D eigenvalue weighted by atomic mass is 15.2. The minimum atomic E-state index is 0.815. The molecule has 2 N–H and O–H groups in total. The van der Waals surface area contributed by atoms with E-state index in [1.165, 1.54) is 45.2 Å². The molecule has 1 aliphatic carbocycles. The Morgan fingerprint density at radius 2 is 2.14 bits per heavy atom. The molecule has 0 aromatic carbocycles. The Morgan fingerprint density at radius 1 is 1.29 bits per heavy atom. The molecule has 2 aliphatic rings. The van der Waals surface area contributed by atoms with Crippen LogP contribution in [0.3, 0.4) is 0 Å². The highest BCUT2D eigenvalue weighted by Gasteiger charge is 2.37. The predicted octanol–water partition coefficient (Wildman–Crippen LogP) is 1.85.